The topological polar surface area (TPSA) is 49.8 Å². The van der Waals surface area contributed by atoms with Gasteiger partial charge in [-0.15, -0.1) is 0 Å². The monoisotopic (exact) mass is 344 g/mol. The van der Waals surface area contributed by atoms with Gasteiger partial charge in [0, 0.05) is 29.8 Å². The summed E-state index contributed by atoms with van der Waals surface area (Å²) < 4.78 is 0. The van der Waals surface area contributed by atoms with Crippen molar-refractivity contribution in [2.24, 2.45) is 0 Å². The lowest BCUT2D eigenvalue weighted by Crippen LogP contribution is -2.38. The maximum atomic E-state index is 4.83. The molecule has 1 fully saturated rings. The Labute approximate surface area is 154 Å². The molecule has 0 amide bonds. The molecule has 0 radical (unpaired) electrons. The molecule has 132 valence electrons. The molecule has 3 aromatic rings. The van der Waals surface area contributed by atoms with E-state index < -0.39 is 0 Å². The fourth-order valence-electron chi connectivity index (χ4n) is 3.29. The highest BCUT2D eigenvalue weighted by atomic mass is 15.1. The maximum absolute atomic E-state index is 4.83. The highest BCUT2D eigenvalue weighted by Gasteiger charge is 2.15. The quantitative estimate of drug-likeness (QED) is 0.741. The van der Waals surface area contributed by atoms with E-state index in [-0.39, 0.29) is 0 Å². The molecule has 2 N–H and O–H groups in total. The van der Waals surface area contributed by atoms with Crippen LogP contribution in [0.25, 0.3) is 22.6 Å². The number of rotatable bonds is 4. The zero-order valence-electron chi connectivity index (χ0n) is 15.1. The van der Waals surface area contributed by atoms with Crippen LogP contribution in [0, 0.1) is 6.92 Å². The summed E-state index contributed by atoms with van der Waals surface area (Å²) in [7, 11) is 0. The molecule has 0 spiro atoms. The Morgan fingerprint density at radius 3 is 2.50 bits per heavy atom. The van der Waals surface area contributed by atoms with Crippen LogP contribution in [0.3, 0.4) is 0 Å². The molecule has 4 nitrogen and oxygen atoms in total. The minimum atomic E-state index is 0.410. The zero-order valence-corrected chi connectivity index (χ0v) is 15.1. The molecule has 0 saturated carbocycles. The number of benzene rings is 2. The van der Waals surface area contributed by atoms with Gasteiger partial charge in [0.15, 0.2) is 5.82 Å². The van der Waals surface area contributed by atoms with Crippen molar-refractivity contribution in [2.75, 3.05) is 18.4 Å². The molecule has 1 saturated heterocycles. The van der Waals surface area contributed by atoms with Crippen molar-refractivity contribution in [3.63, 3.8) is 0 Å². The van der Waals surface area contributed by atoms with Crippen LogP contribution in [0.1, 0.15) is 18.4 Å². The standard InChI is InChI=1S/C22H24N4/c1-16-9-11-18(12-10-16)22-25-20(17-6-3-2-4-7-17)14-21(26-22)24-19-8-5-13-23-15-19/h2-4,6-7,9-12,14,19,23H,5,8,13,15H2,1H3,(H,24,25,26). The van der Waals surface area contributed by atoms with Gasteiger partial charge >= 0.3 is 0 Å². The fraction of sp³-hybridized carbons (Fsp3) is 0.273. The Hall–Kier alpha value is -2.72. The number of aromatic nitrogens is 2. The zero-order chi connectivity index (χ0) is 17.8. The molecule has 1 aromatic heterocycles. The Kier molecular flexibility index (Phi) is 4.93. The van der Waals surface area contributed by atoms with Crippen molar-refractivity contribution in [3.05, 3.63) is 66.2 Å². The average Bonchev–Trinajstić information content (AvgIpc) is 2.70. The van der Waals surface area contributed by atoms with Crippen LogP contribution in [0.5, 0.6) is 0 Å². The van der Waals surface area contributed by atoms with Crippen molar-refractivity contribution in [1.82, 2.24) is 15.3 Å². The average molecular weight is 344 g/mol. The van der Waals surface area contributed by atoms with Crippen molar-refractivity contribution in [2.45, 2.75) is 25.8 Å². The van der Waals surface area contributed by atoms with Crippen LogP contribution in [-0.2, 0) is 0 Å². The Balaban J connectivity index is 1.72. The Bertz CT molecular complexity index is 853. The van der Waals surface area contributed by atoms with Gasteiger partial charge in [-0.05, 0) is 26.3 Å². The molecule has 4 rings (SSSR count). The molecule has 2 heterocycles. The molecule has 0 aliphatic carbocycles. The van der Waals surface area contributed by atoms with Gasteiger partial charge < -0.3 is 10.6 Å². The summed E-state index contributed by atoms with van der Waals surface area (Å²) in [6, 6.07) is 21.1. The summed E-state index contributed by atoms with van der Waals surface area (Å²) in [4.78, 5) is 9.63. The lowest BCUT2D eigenvalue weighted by molar-refractivity contribution is 0.479. The first-order valence-electron chi connectivity index (χ1n) is 9.27. The lowest BCUT2D eigenvalue weighted by Gasteiger charge is -2.24. The second kappa shape index (κ2) is 7.67. The van der Waals surface area contributed by atoms with Gasteiger partial charge in [-0.3, -0.25) is 0 Å². The van der Waals surface area contributed by atoms with E-state index in [1.54, 1.807) is 0 Å². The highest BCUT2D eigenvalue weighted by molar-refractivity contribution is 5.67. The Morgan fingerprint density at radius 2 is 1.77 bits per heavy atom. The van der Waals surface area contributed by atoms with E-state index in [9.17, 15) is 0 Å². The first-order chi connectivity index (χ1) is 12.8. The molecule has 26 heavy (non-hydrogen) atoms. The minimum Gasteiger partial charge on any atom is -0.366 e. The van der Waals surface area contributed by atoms with Crippen LogP contribution in [0.15, 0.2) is 60.7 Å². The van der Waals surface area contributed by atoms with Gasteiger partial charge in [-0.1, -0.05) is 60.2 Å². The molecule has 1 atom stereocenters. The molecular formula is C22H24N4. The van der Waals surface area contributed by atoms with Gasteiger partial charge in [0.2, 0.25) is 0 Å². The van der Waals surface area contributed by atoms with E-state index in [1.165, 1.54) is 12.0 Å². The van der Waals surface area contributed by atoms with E-state index in [0.717, 1.165) is 48.0 Å². The molecule has 1 aliphatic heterocycles. The summed E-state index contributed by atoms with van der Waals surface area (Å²) in [5.74, 6) is 1.65. The number of nitrogens with one attached hydrogen (secondary N) is 2. The number of hydrogen-bond donors (Lipinski definition) is 2. The summed E-state index contributed by atoms with van der Waals surface area (Å²) in [6.07, 6.45) is 2.36. The normalized spacial score (nSPS) is 17.0. The van der Waals surface area contributed by atoms with Gasteiger partial charge in [0.1, 0.15) is 5.82 Å². The first-order valence-corrected chi connectivity index (χ1v) is 9.27. The molecule has 2 aromatic carbocycles. The van der Waals surface area contributed by atoms with Crippen molar-refractivity contribution in [3.8, 4) is 22.6 Å². The summed E-state index contributed by atoms with van der Waals surface area (Å²) in [6.45, 7) is 4.17. The fourth-order valence-corrected chi connectivity index (χ4v) is 3.29. The molecule has 1 aliphatic rings. The second-order valence-electron chi connectivity index (χ2n) is 6.88. The number of anilines is 1. The lowest BCUT2D eigenvalue weighted by atomic mass is 10.1. The number of piperidine rings is 1. The van der Waals surface area contributed by atoms with Crippen LogP contribution < -0.4 is 10.6 Å². The third-order valence-corrected chi connectivity index (χ3v) is 4.75. The van der Waals surface area contributed by atoms with Crippen LogP contribution in [0.2, 0.25) is 0 Å². The third kappa shape index (κ3) is 3.92. The van der Waals surface area contributed by atoms with Gasteiger partial charge in [-0.25, -0.2) is 9.97 Å². The van der Waals surface area contributed by atoms with E-state index in [2.05, 4.69) is 60.0 Å². The second-order valence-corrected chi connectivity index (χ2v) is 6.88. The summed E-state index contributed by atoms with van der Waals surface area (Å²) >= 11 is 0. The minimum absolute atomic E-state index is 0.410. The molecular weight excluding hydrogens is 320 g/mol. The SMILES string of the molecule is Cc1ccc(-c2nc(NC3CCCNC3)cc(-c3ccccc3)n2)cc1. The van der Waals surface area contributed by atoms with Crippen molar-refractivity contribution < 1.29 is 0 Å². The van der Waals surface area contributed by atoms with Gasteiger partial charge in [-0.2, -0.15) is 0 Å². The van der Waals surface area contributed by atoms with E-state index >= 15 is 0 Å². The number of aryl methyl sites for hydroxylation is 1. The van der Waals surface area contributed by atoms with E-state index in [1.807, 2.05) is 18.2 Å². The maximum Gasteiger partial charge on any atom is 0.162 e. The molecule has 0 bridgehead atoms. The Morgan fingerprint density at radius 1 is 0.962 bits per heavy atom. The summed E-state index contributed by atoms with van der Waals surface area (Å²) in [5.41, 5.74) is 4.33. The summed E-state index contributed by atoms with van der Waals surface area (Å²) in [5, 5.41) is 7.05. The smallest absolute Gasteiger partial charge is 0.162 e. The van der Waals surface area contributed by atoms with Crippen LogP contribution in [0.4, 0.5) is 5.82 Å². The highest BCUT2D eigenvalue weighted by Crippen LogP contribution is 2.25. The number of hydrogen-bond acceptors (Lipinski definition) is 4. The van der Waals surface area contributed by atoms with Crippen molar-refractivity contribution >= 4 is 5.82 Å². The van der Waals surface area contributed by atoms with Crippen LogP contribution >= 0.6 is 0 Å². The van der Waals surface area contributed by atoms with Crippen molar-refractivity contribution in [1.29, 1.82) is 0 Å². The van der Waals surface area contributed by atoms with E-state index in [0.29, 0.717) is 6.04 Å². The van der Waals surface area contributed by atoms with Crippen LogP contribution in [-0.4, -0.2) is 29.1 Å². The predicted molar refractivity (Wildman–Crippen MR) is 107 cm³/mol. The predicted octanol–water partition coefficient (Wildman–Crippen LogP) is 4.28. The number of nitrogens with zero attached hydrogens (tertiary/aromatic N) is 2. The van der Waals surface area contributed by atoms with Gasteiger partial charge in [0.25, 0.3) is 0 Å². The van der Waals surface area contributed by atoms with E-state index in [4.69, 9.17) is 9.97 Å². The third-order valence-electron chi connectivity index (χ3n) is 4.75. The van der Waals surface area contributed by atoms with Gasteiger partial charge in [0.05, 0.1) is 5.69 Å². The molecule has 4 heteroatoms. The first kappa shape index (κ1) is 16.7. The molecule has 1 unspecified atom stereocenters. The largest absolute Gasteiger partial charge is 0.366 e.